The SMILES string of the molecule is C=CCOC(=O)CC(=C)C(=O)OCC=C. The van der Waals surface area contributed by atoms with Crippen LogP contribution in [0.2, 0.25) is 0 Å². The summed E-state index contributed by atoms with van der Waals surface area (Å²) in [6.07, 6.45) is 2.70. The summed E-state index contributed by atoms with van der Waals surface area (Å²) in [4.78, 5) is 22.1. The van der Waals surface area contributed by atoms with Gasteiger partial charge in [-0.2, -0.15) is 0 Å². The third-order valence-corrected chi connectivity index (χ3v) is 1.34. The van der Waals surface area contributed by atoms with Gasteiger partial charge in [0, 0.05) is 5.57 Å². The molecule has 0 aromatic rings. The summed E-state index contributed by atoms with van der Waals surface area (Å²) >= 11 is 0. The van der Waals surface area contributed by atoms with Crippen LogP contribution >= 0.6 is 0 Å². The lowest BCUT2D eigenvalue weighted by Gasteiger charge is -2.04. The topological polar surface area (TPSA) is 52.6 Å². The number of hydrogen-bond donors (Lipinski definition) is 0. The van der Waals surface area contributed by atoms with Crippen molar-refractivity contribution >= 4 is 11.9 Å². The molecule has 0 amide bonds. The first-order chi connectivity index (χ1) is 7.11. The molecule has 0 fully saturated rings. The predicted octanol–water partition coefficient (Wildman–Crippen LogP) is 1.39. The van der Waals surface area contributed by atoms with Gasteiger partial charge in [0.1, 0.15) is 13.2 Å². The van der Waals surface area contributed by atoms with Crippen LogP contribution in [0.25, 0.3) is 0 Å². The Bertz CT molecular complexity index is 278. The number of hydrogen-bond acceptors (Lipinski definition) is 4. The van der Waals surface area contributed by atoms with Crippen molar-refractivity contribution < 1.29 is 19.1 Å². The molecule has 0 saturated carbocycles. The van der Waals surface area contributed by atoms with E-state index in [1.54, 1.807) is 0 Å². The summed E-state index contributed by atoms with van der Waals surface area (Å²) in [6.45, 7) is 10.4. The molecule has 0 heterocycles. The number of ether oxygens (including phenoxy) is 2. The molecule has 0 rings (SSSR count). The van der Waals surface area contributed by atoms with Crippen molar-refractivity contribution in [3.63, 3.8) is 0 Å². The van der Waals surface area contributed by atoms with Crippen molar-refractivity contribution in [3.05, 3.63) is 37.5 Å². The van der Waals surface area contributed by atoms with E-state index in [0.717, 1.165) is 0 Å². The summed E-state index contributed by atoms with van der Waals surface area (Å²) in [5.41, 5.74) is 0.0610. The van der Waals surface area contributed by atoms with Gasteiger partial charge in [0.2, 0.25) is 0 Å². The average Bonchev–Trinajstić information content (AvgIpc) is 2.22. The summed E-state index contributed by atoms with van der Waals surface area (Å²) in [7, 11) is 0. The van der Waals surface area contributed by atoms with Gasteiger partial charge in [-0.15, -0.1) is 0 Å². The zero-order valence-corrected chi connectivity index (χ0v) is 8.53. The molecule has 15 heavy (non-hydrogen) atoms. The monoisotopic (exact) mass is 210 g/mol. The predicted molar refractivity (Wildman–Crippen MR) is 56.1 cm³/mol. The fourth-order valence-electron chi connectivity index (χ4n) is 0.686. The van der Waals surface area contributed by atoms with Gasteiger partial charge in [-0.3, -0.25) is 4.79 Å². The van der Waals surface area contributed by atoms with E-state index in [1.807, 2.05) is 0 Å². The lowest BCUT2D eigenvalue weighted by Crippen LogP contribution is -2.13. The molecule has 0 aliphatic carbocycles. The number of carbonyl (C=O) groups is 2. The maximum absolute atomic E-state index is 11.1. The highest BCUT2D eigenvalue weighted by molar-refractivity contribution is 5.93. The summed E-state index contributed by atoms with van der Waals surface area (Å²) < 4.78 is 9.34. The fraction of sp³-hybridized carbons (Fsp3) is 0.273. The van der Waals surface area contributed by atoms with E-state index in [4.69, 9.17) is 0 Å². The van der Waals surface area contributed by atoms with Crippen LogP contribution in [-0.4, -0.2) is 25.2 Å². The second kappa shape index (κ2) is 7.55. The van der Waals surface area contributed by atoms with Crippen LogP contribution in [0.1, 0.15) is 6.42 Å². The average molecular weight is 210 g/mol. The van der Waals surface area contributed by atoms with Gasteiger partial charge in [0.05, 0.1) is 6.42 Å². The molecule has 0 saturated heterocycles. The quantitative estimate of drug-likeness (QED) is 0.362. The lowest BCUT2D eigenvalue weighted by atomic mass is 10.2. The van der Waals surface area contributed by atoms with Crippen LogP contribution < -0.4 is 0 Å². The zero-order chi connectivity index (χ0) is 11.7. The first-order valence-corrected chi connectivity index (χ1v) is 4.34. The van der Waals surface area contributed by atoms with E-state index >= 15 is 0 Å². The van der Waals surface area contributed by atoms with Gasteiger partial charge < -0.3 is 9.47 Å². The van der Waals surface area contributed by atoms with Crippen LogP contribution in [-0.2, 0) is 19.1 Å². The van der Waals surface area contributed by atoms with E-state index in [0.29, 0.717) is 0 Å². The maximum Gasteiger partial charge on any atom is 0.334 e. The Morgan fingerprint density at radius 3 is 2.13 bits per heavy atom. The molecule has 0 spiro atoms. The Morgan fingerprint density at radius 1 is 1.07 bits per heavy atom. The molecule has 0 atom stereocenters. The van der Waals surface area contributed by atoms with E-state index in [1.165, 1.54) is 12.2 Å². The van der Waals surface area contributed by atoms with Crippen molar-refractivity contribution in [3.8, 4) is 0 Å². The summed E-state index contributed by atoms with van der Waals surface area (Å²) in [6, 6.07) is 0. The fourth-order valence-corrected chi connectivity index (χ4v) is 0.686. The zero-order valence-electron chi connectivity index (χ0n) is 8.53. The van der Waals surface area contributed by atoms with Gasteiger partial charge in [0.25, 0.3) is 0 Å². The van der Waals surface area contributed by atoms with Crippen molar-refractivity contribution in [1.82, 2.24) is 0 Å². The third kappa shape index (κ3) is 6.26. The highest BCUT2D eigenvalue weighted by atomic mass is 16.5. The molecular formula is C11H14O4. The van der Waals surface area contributed by atoms with Crippen molar-refractivity contribution in [1.29, 1.82) is 0 Å². The van der Waals surface area contributed by atoms with Crippen LogP contribution in [0.15, 0.2) is 37.5 Å². The Labute approximate surface area is 88.9 Å². The largest absolute Gasteiger partial charge is 0.461 e. The molecule has 0 aliphatic rings. The highest BCUT2D eigenvalue weighted by Gasteiger charge is 2.13. The third-order valence-electron chi connectivity index (χ3n) is 1.34. The van der Waals surface area contributed by atoms with E-state index in [9.17, 15) is 9.59 Å². The molecule has 0 aromatic carbocycles. The summed E-state index contributed by atoms with van der Waals surface area (Å²) in [5, 5.41) is 0. The second-order valence-corrected chi connectivity index (χ2v) is 2.64. The van der Waals surface area contributed by atoms with Crippen molar-refractivity contribution in [2.24, 2.45) is 0 Å². The first kappa shape index (κ1) is 13.2. The van der Waals surface area contributed by atoms with Gasteiger partial charge in [-0.05, 0) is 0 Å². The van der Waals surface area contributed by atoms with Gasteiger partial charge >= 0.3 is 11.9 Å². The Hall–Kier alpha value is -1.84. The van der Waals surface area contributed by atoms with Crippen molar-refractivity contribution in [2.75, 3.05) is 13.2 Å². The van der Waals surface area contributed by atoms with Gasteiger partial charge in [-0.25, -0.2) is 4.79 Å². The molecular weight excluding hydrogens is 196 g/mol. The highest BCUT2D eigenvalue weighted by Crippen LogP contribution is 2.03. The normalized spacial score (nSPS) is 8.80. The molecule has 0 aromatic heterocycles. The number of esters is 2. The Morgan fingerprint density at radius 2 is 1.60 bits per heavy atom. The first-order valence-electron chi connectivity index (χ1n) is 4.34. The van der Waals surface area contributed by atoms with Crippen LogP contribution in [0.4, 0.5) is 0 Å². The minimum absolute atomic E-state index is 0.0610. The Balaban J connectivity index is 3.90. The lowest BCUT2D eigenvalue weighted by molar-refractivity contribution is -0.145. The molecule has 0 bridgehead atoms. The minimum atomic E-state index is -0.620. The summed E-state index contributed by atoms with van der Waals surface area (Å²) in [5.74, 6) is -1.15. The van der Waals surface area contributed by atoms with Crippen LogP contribution in [0, 0.1) is 0 Å². The molecule has 0 radical (unpaired) electrons. The van der Waals surface area contributed by atoms with Gasteiger partial charge in [0.15, 0.2) is 0 Å². The molecule has 0 aliphatic heterocycles. The Kier molecular flexibility index (Phi) is 6.63. The standard InChI is InChI=1S/C11H14O4/c1-4-6-14-10(12)8-9(3)11(13)15-7-5-2/h4-5H,1-3,6-8H2. The molecule has 4 nitrogen and oxygen atoms in total. The van der Waals surface area contributed by atoms with E-state index < -0.39 is 11.9 Å². The van der Waals surface area contributed by atoms with Crippen LogP contribution in [0.3, 0.4) is 0 Å². The van der Waals surface area contributed by atoms with E-state index in [-0.39, 0.29) is 25.2 Å². The molecule has 0 unspecified atom stereocenters. The van der Waals surface area contributed by atoms with Gasteiger partial charge in [-0.1, -0.05) is 31.9 Å². The van der Waals surface area contributed by atoms with E-state index in [2.05, 4.69) is 29.2 Å². The number of carbonyl (C=O) groups excluding carboxylic acids is 2. The minimum Gasteiger partial charge on any atom is -0.461 e. The number of rotatable bonds is 7. The molecule has 82 valence electrons. The molecule has 4 heteroatoms. The molecule has 0 N–H and O–H groups in total. The maximum atomic E-state index is 11.1. The smallest absolute Gasteiger partial charge is 0.334 e. The van der Waals surface area contributed by atoms with Crippen molar-refractivity contribution in [2.45, 2.75) is 6.42 Å². The second-order valence-electron chi connectivity index (χ2n) is 2.64. The van der Waals surface area contributed by atoms with Crippen LogP contribution in [0.5, 0.6) is 0 Å².